The SMILES string of the molecule is C#CCNCCOc1cc(Cl)c(Cl)cc1Cl. The van der Waals surface area contributed by atoms with Gasteiger partial charge in [-0.05, 0) is 6.07 Å². The molecule has 2 nitrogen and oxygen atoms in total. The van der Waals surface area contributed by atoms with E-state index in [2.05, 4.69) is 11.2 Å². The first kappa shape index (κ1) is 13.5. The highest BCUT2D eigenvalue weighted by atomic mass is 35.5. The van der Waals surface area contributed by atoms with E-state index in [1.54, 1.807) is 12.1 Å². The molecule has 0 fully saturated rings. The molecule has 0 atom stereocenters. The Kier molecular flexibility index (Phi) is 5.79. The summed E-state index contributed by atoms with van der Waals surface area (Å²) in [6.07, 6.45) is 5.08. The highest BCUT2D eigenvalue weighted by Crippen LogP contribution is 2.33. The van der Waals surface area contributed by atoms with Crippen molar-refractivity contribution >= 4 is 34.8 Å². The summed E-state index contributed by atoms with van der Waals surface area (Å²) in [6, 6.07) is 3.14. The van der Waals surface area contributed by atoms with Gasteiger partial charge >= 0.3 is 0 Å². The minimum Gasteiger partial charge on any atom is -0.491 e. The third kappa shape index (κ3) is 4.11. The summed E-state index contributed by atoms with van der Waals surface area (Å²) in [6.45, 7) is 1.61. The van der Waals surface area contributed by atoms with Gasteiger partial charge in [0, 0.05) is 12.6 Å². The summed E-state index contributed by atoms with van der Waals surface area (Å²) in [4.78, 5) is 0. The molecule has 0 radical (unpaired) electrons. The highest BCUT2D eigenvalue weighted by molar-refractivity contribution is 6.43. The lowest BCUT2D eigenvalue weighted by Crippen LogP contribution is -2.21. The van der Waals surface area contributed by atoms with Crippen molar-refractivity contribution in [2.45, 2.75) is 0 Å². The van der Waals surface area contributed by atoms with Gasteiger partial charge in [-0.3, -0.25) is 0 Å². The molecule has 1 N–H and O–H groups in total. The van der Waals surface area contributed by atoms with Crippen molar-refractivity contribution in [2.75, 3.05) is 19.7 Å². The van der Waals surface area contributed by atoms with Crippen LogP contribution >= 0.6 is 34.8 Å². The maximum Gasteiger partial charge on any atom is 0.139 e. The molecule has 0 spiro atoms. The topological polar surface area (TPSA) is 21.3 Å². The Morgan fingerprint density at radius 3 is 2.56 bits per heavy atom. The third-order valence-electron chi connectivity index (χ3n) is 1.74. The molecule has 0 aliphatic carbocycles. The Labute approximate surface area is 110 Å². The molecule has 0 saturated carbocycles. The largest absolute Gasteiger partial charge is 0.491 e. The quantitative estimate of drug-likeness (QED) is 0.507. The molecule has 0 amide bonds. The van der Waals surface area contributed by atoms with Crippen LogP contribution in [0.2, 0.25) is 15.1 Å². The van der Waals surface area contributed by atoms with Crippen LogP contribution in [0.1, 0.15) is 0 Å². The van der Waals surface area contributed by atoms with Crippen LogP contribution in [0.3, 0.4) is 0 Å². The van der Waals surface area contributed by atoms with E-state index < -0.39 is 0 Å². The van der Waals surface area contributed by atoms with Gasteiger partial charge in [-0.2, -0.15) is 0 Å². The van der Waals surface area contributed by atoms with Gasteiger partial charge in [0.15, 0.2) is 0 Å². The molecule has 0 bridgehead atoms. The van der Waals surface area contributed by atoms with Crippen LogP contribution in [0.15, 0.2) is 12.1 Å². The van der Waals surface area contributed by atoms with Crippen molar-refractivity contribution in [1.29, 1.82) is 0 Å². The minimum atomic E-state index is 0.407. The van der Waals surface area contributed by atoms with Gasteiger partial charge < -0.3 is 10.1 Å². The van der Waals surface area contributed by atoms with Crippen LogP contribution < -0.4 is 10.1 Å². The molecule has 0 aliphatic heterocycles. The molecule has 16 heavy (non-hydrogen) atoms. The fourth-order valence-electron chi connectivity index (χ4n) is 1.01. The van der Waals surface area contributed by atoms with E-state index in [-0.39, 0.29) is 0 Å². The molecule has 0 aliphatic rings. The molecular weight excluding hydrogens is 268 g/mol. The maximum absolute atomic E-state index is 5.92. The van der Waals surface area contributed by atoms with Gasteiger partial charge in [0.25, 0.3) is 0 Å². The molecule has 0 unspecified atom stereocenters. The standard InChI is InChI=1S/C11H10Cl3NO/c1-2-3-15-4-5-16-11-7-9(13)8(12)6-10(11)14/h1,6-7,15H,3-5H2. The number of terminal acetylenes is 1. The van der Waals surface area contributed by atoms with Crippen molar-refractivity contribution in [3.05, 3.63) is 27.2 Å². The fourth-order valence-corrected chi connectivity index (χ4v) is 1.60. The fraction of sp³-hybridized carbons (Fsp3) is 0.273. The molecule has 1 aromatic carbocycles. The van der Waals surface area contributed by atoms with Crippen molar-refractivity contribution in [2.24, 2.45) is 0 Å². The van der Waals surface area contributed by atoms with Gasteiger partial charge in [0.2, 0.25) is 0 Å². The number of rotatable bonds is 5. The van der Waals surface area contributed by atoms with Crippen molar-refractivity contribution in [1.82, 2.24) is 5.32 Å². The van der Waals surface area contributed by atoms with Gasteiger partial charge in [0.05, 0.1) is 21.6 Å². The average Bonchev–Trinajstić information content (AvgIpc) is 2.25. The zero-order valence-electron chi connectivity index (χ0n) is 8.40. The summed E-state index contributed by atoms with van der Waals surface area (Å²) < 4.78 is 5.41. The summed E-state index contributed by atoms with van der Waals surface area (Å²) in [5.74, 6) is 2.98. The predicted molar refractivity (Wildman–Crippen MR) is 68.7 cm³/mol. The van der Waals surface area contributed by atoms with Gasteiger partial charge in [-0.25, -0.2) is 0 Å². The summed E-state index contributed by atoms with van der Waals surface area (Å²) in [5, 5.41) is 4.25. The van der Waals surface area contributed by atoms with Gasteiger partial charge in [-0.1, -0.05) is 40.7 Å². The Morgan fingerprint density at radius 2 is 1.88 bits per heavy atom. The molecule has 86 valence electrons. The van der Waals surface area contributed by atoms with Crippen molar-refractivity contribution in [3.8, 4) is 18.1 Å². The minimum absolute atomic E-state index is 0.407. The Bertz CT molecular complexity index is 401. The Morgan fingerprint density at radius 1 is 1.19 bits per heavy atom. The molecular formula is C11H10Cl3NO. The molecule has 0 saturated heterocycles. The lowest BCUT2D eigenvalue weighted by Gasteiger charge is -2.09. The second-order valence-corrected chi connectivity index (χ2v) is 4.15. The van der Waals surface area contributed by atoms with Crippen molar-refractivity contribution in [3.63, 3.8) is 0 Å². The second kappa shape index (κ2) is 6.88. The Balaban J connectivity index is 2.48. The zero-order valence-corrected chi connectivity index (χ0v) is 10.7. The van der Waals surface area contributed by atoms with Crippen LogP contribution in [-0.4, -0.2) is 19.7 Å². The number of hydrogen-bond acceptors (Lipinski definition) is 2. The molecule has 5 heteroatoms. The van der Waals surface area contributed by atoms with E-state index in [0.29, 0.717) is 40.5 Å². The number of ether oxygens (including phenoxy) is 1. The number of hydrogen-bond donors (Lipinski definition) is 1. The second-order valence-electron chi connectivity index (χ2n) is 2.93. The average molecular weight is 279 g/mol. The van der Waals surface area contributed by atoms with Crippen LogP contribution in [0.25, 0.3) is 0 Å². The maximum atomic E-state index is 5.92. The number of benzene rings is 1. The first-order valence-corrected chi connectivity index (χ1v) is 5.70. The molecule has 0 aromatic heterocycles. The monoisotopic (exact) mass is 277 g/mol. The van der Waals surface area contributed by atoms with Crippen LogP contribution in [-0.2, 0) is 0 Å². The van der Waals surface area contributed by atoms with Crippen molar-refractivity contribution < 1.29 is 4.74 Å². The summed E-state index contributed by atoms with van der Waals surface area (Å²) in [5.41, 5.74) is 0. The lowest BCUT2D eigenvalue weighted by atomic mass is 10.3. The van der Waals surface area contributed by atoms with E-state index in [4.69, 9.17) is 46.0 Å². The van der Waals surface area contributed by atoms with Crippen LogP contribution in [0.4, 0.5) is 0 Å². The van der Waals surface area contributed by atoms with E-state index in [9.17, 15) is 0 Å². The van der Waals surface area contributed by atoms with E-state index in [1.165, 1.54) is 0 Å². The van der Waals surface area contributed by atoms with E-state index in [0.717, 1.165) is 0 Å². The first-order chi connectivity index (χ1) is 7.65. The number of halogens is 3. The predicted octanol–water partition coefficient (Wildman–Crippen LogP) is 3.25. The van der Waals surface area contributed by atoms with E-state index in [1.807, 2.05) is 0 Å². The lowest BCUT2D eigenvalue weighted by molar-refractivity contribution is 0.317. The Hall–Kier alpha value is -0.590. The summed E-state index contributed by atoms with van der Waals surface area (Å²) in [7, 11) is 0. The van der Waals surface area contributed by atoms with Crippen LogP contribution in [0, 0.1) is 12.3 Å². The summed E-state index contributed by atoms with van der Waals surface area (Å²) >= 11 is 17.5. The smallest absolute Gasteiger partial charge is 0.139 e. The highest BCUT2D eigenvalue weighted by Gasteiger charge is 2.06. The molecule has 0 heterocycles. The van der Waals surface area contributed by atoms with Gasteiger partial charge in [0.1, 0.15) is 12.4 Å². The van der Waals surface area contributed by atoms with Crippen LogP contribution in [0.5, 0.6) is 5.75 Å². The number of nitrogens with one attached hydrogen (secondary N) is 1. The zero-order chi connectivity index (χ0) is 12.0. The first-order valence-electron chi connectivity index (χ1n) is 4.56. The molecule has 1 aromatic rings. The third-order valence-corrected chi connectivity index (χ3v) is 2.76. The van der Waals surface area contributed by atoms with E-state index >= 15 is 0 Å². The normalized spacial score (nSPS) is 9.88. The molecule has 1 rings (SSSR count). The van der Waals surface area contributed by atoms with Gasteiger partial charge in [-0.15, -0.1) is 6.42 Å².